The molecule has 0 saturated carbocycles. The third kappa shape index (κ3) is 3.90. The van der Waals surface area contributed by atoms with Crippen LogP contribution in [0.2, 0.25) is 0 Å². The lowest BCUT2D eigenvalue weighted by atomic mass is 10.1. The summed E-state index contributed by atoms with van der Waals surface area (Å²) in [6.07, 6.45) is 2.02. The van der Waals surface area contributed by atoms with Crippen LogP contribution < -0.4 is 10.1 Å². The van der Waals surface area contributed by atoms with Gasteiger partial charge >= 0.3 is 0 Å². The van der Waals surface area contributed by atoms with Gasteiger partial charge in [-0.05, 0) is 29.8 Å². The largest absolute Gasteiger partial charge is 0.497 e. The number of hydrogen-bond donors (Lipinski definition) is 1. The van der Waals surface area contributed by atoms with Crippen LogP contribution in [-0.4, -0.2) is 32.9 Å². The lowest BCUT2D eigenvalue weighted by molar-refractivity contribution is 0.369. The number of halogens is 1. The summed E-state index contributed by atoms with van der Waals surface area (Å²) in [4.78, 5) is 13.5. The number of hydrogen-bond acceptors (Lipinski definition) is 6. The standard InChI is InChI=1S/C24H20FN5O2/c1-31-18-10-5-9-17(14-18)30-22-19(27-23(30)20-11-6-12-32-20)15-26-24(29-22)28-21(25)13-16-7-3-2-4-8-16/h2-12,14-15,21H,13H2,1H3,(H,26,28,29). The van der Waals surface area contributed by atoms with Gasteiger partial charge < -0.3 is 14.5 Å². The minimum Gasteiger partial charge on any atom is -0.497 e. The highest BCUT2D eigenvalue weighted by atomic mass is 19.1. The van der Waals surface area contributed by atoms with Gasteiger partial charge in [-0.15, -0.1) is 0 Å². The molecule has 32 heavy (non-hydrogen) atoms. The second kappa shape index (κ2) is 8.50. The van der Waals surface area contributed by atoms with Gasteiger partial charge in [0.1, 0.15) is 11.3 Å². The van der Waals surface area contributed by atoms with Gasteiger partial charge in [0.2, 0.25) is 5.95 Å². The van der Waals surface area contributed by atoms with Crippen molar-refractivity contribution in [2.45, 2.75) is 12.7 Å². The number of alkyl halides is 1. The summed E-state index contributed by atoms with van der Waals surface area (Å²) in [5.74, 6) is 2.00. The number of anilines is 1. The Balaban J connectivity index is 1.55. The summed E-state index contributed by atoms with van der Waals surface area (Å²) < 4.78 is 27.5. The number of fused-ring (bicyclic) bond motifs is 1. The van der Waals surface area contributed by atoms with Crippen molar-refractivity contribution >= 4 is 17.1 Å². The first-order valence-electron chi connectivity index (χ1n) is 10.1. The smallest absolute Gasteiger partial charge is 0.227 e. The summed E-state index contributed by atoms with van der Waals surface area (Å²) in [6.45, 7) is 0. The molecule has 3 aromatic heterocycles. The molecule has 0 fully saturated rings. The van der Waals surface area contributed by atoms with E-state index in [1.165, 1.54) is 0 Å². The van der Waals surface area contributed by atoms with E-state index < -0.39 is 6.30 Å². The number of furan rings is 1. The third-order valence-corrected chi connectivity index (χ3v) is 5.00. The first kappa shape index (κ1) is 19.7. The highest BCUT2D eigenvalue weighted by molar-refractivity contribution is 5.79. The molecule has 5 rings (SSSR count). The van der Waals surface area contributed by atoms with Crippen molar-refractivity contribution in [3.63, 3.8) is 0 Å². The van der Waals surface area contributed by atoms with Crippen LogP contribution >= 0.6 is 0 Å². The summed E-state index contributed by atoms with van der Waals surface area (Å²) in [5, 5.41) is 2.75. The van der Waals surface area contributed by atoms with Gasteiger partial charge in [-0.3, -0.25) is 4.57 Å². The Kier molecular flexibility index (Phi) is 5.25. The number of nitrogens with one attached hydrogen (secondary N) is 1. The molecule has 0 amide bonds. The van der Waals surface area contributed by atoms with Crippen LogP contribution in [0.25, 0.3) is 28.4 Å². The molecule has 0 aliphatic heterocycles. The second-order valence-electron chi connectivity index (χ2n) is 7.15. The van der Waals surface area contributed by atoms with Gasteiger partial charge in [0.25, 0.3) is 0 Å². The molecule has 0 aliphatic carbocycles. The van der Waals surface area contributed by atoms with Crippen molar-refractivity contribution in [2.75, 3.05) is 12.4 Å². The molecule has 8 heteroatoms. The van der Waals surface area contributed by atoms with E-state index in [-0.39, 0.29) is 12.4 Å². The lowest BCUT2D eigenvalue weighted by Crippen LogP contribution is -2.18. The lowest BCUT2D eigenvalue weighted by Gasteiger charge is -2.12. The quantitative estimate of drug-likeness (QED) is 0.366. The average Bonchev–Trinajstić information content (AvgIpc) is 3.47. The van der Waals surface area contributed by atoms with Crippen LogP contribution in [0.4, 0.5) is 10.3 Å². The Morgan fingerprint density at radius 1 is 1.06 bits per heavy atom. The van der Waals surface area contributed by atoms with Gasteiger partial charge in [0, 0.05) is 12.5 Å². The SMILES string of the molecule is COc1cccc(-n2c(-c3ccco3)nc3cnc(NC(F)Cc4ccccc4)nc32)c1. The predicted octanol–water partition coefficient (Wildman–Crippen LogP) is 5.03. The van der Waals surface area contributed by atoms with E-state index in [9.17, 15) is 4.39 Å². The van der Waals surface area contributed by atoms with Crippen LogP contribution in [-0.2, 0) is 6.42 Å². The number of benzene rings is 2. The highest BCUT2D eigenvalue weighted by Crippen LogP contribution is 2.29. The zero-order chi connectivity index (χ0) is 21.9. The summed E-state index contributed by atoms with van der Waals surface area (Å²) in [5.41, 5.74) is 2.75. The van der Waals surface area contributed by atoms with Crippen LogP contribution in [0, 0.1) is 0 Å². The van der Waals surface area contributed by atoms with E-state index in [1.807, 2.05) is 65.2 Å². The van der Waals surface area contributed by atoms with E-state index in [2.05, 4.69) is 20.3 Å². The molecule has 0 aliphatic rings. The molecule has 0 bridgehead atoms. The number of nitrogens with zero attached hydrogens (tertiary/aromatic N) is 4. The Labute approximate surface area is 183 Å². The molecule has 0 radical (unpaired) electrons. The maximum Gasteiger partial charge on any atom is 0.227 e. The summed E-state index contributed by atoms with van der Waals surface area (Å²) in [7, 11) is 1.61. The van der Waals surface area contributed by atoms with E-state index in [0.29, 0.717) is 28.5 Å². The maximum absolute atomic E-state index is 14.7. The van der Waals surface area contributed by atoms with Crippen molar-refractivity contribution < 1.29 is 13.5 Å². The van der Waals surface area contributed by atoms with Crippen LogP contribution in [0.15, 0.2) is 83.6 Å². The molecule has 2 aromatic carbocycles. The number of ether oxygens (including phenoxy) is 1. The van der Waals surface area contributed by atoms with Gasteiger partial charge in [-0.25, -0.2) is 14.4 Å². The van der Waals surface area contributed by atoms with Crippen molar-refractivity contribution in [3.8, 4) is 23.0 Å². The first-order chi connectivity index (χ1) is 15.7. The second-order valence-corrected chi connectivity index (χ2v) is 7.15. The van der Waals surface area contributed by atoms with Gasteiger partial charge in [-0.1, -0.05) is 36.4 Å². The van der Waals surface area contributed by atoms with E-state index in [0.717, 1.165) is 11.3 Å². The fraction of sp³-hybridized carbons (Fsp3) is 0.125. The third-order valence-electron chi connectivity index (χ3n) is 5.00. The Morgan fingerprint density at radius 2 is 1.94 bits per heavy atom. The topological polar surface area (TPSA) is 78.0 Å². The molecule has 0 spiro atoms. The number of imidazole rings is 1. The number of rotatable bonds is 7. The molecular formula is C24H20FN5O2. The van der Waals surface area contributed by atoms with Crippen molar-refractivity contribution in [3.05, 3.63) is 84.8 Å². The molecule has 7 nitrogen and oxygen atoms in total. The molecule has 1 unspecified atom stereocenters. The maximum atomic E-state index is 14.7. The van der Waals surface area contributed by atoms with Gasteiger partial charge in [-0.2, -0.15) is 4.98 Å². The fourth-order valence-corrected chi connectivity index (χ4v) is 3.52. The molecule has 5 aromatic rings. The monoisotopic (exact) mass is 429 g/mol. The van der Waals surface area contributed by atoms with Crippen LogP contribution in [0.5, 0.6) is 5.75 Å². The minimum absolute atomic E-state index is 0.177. The fourth-order valence-electron chi connectivity index (χ4n) is 3.52. The van der Waals surface area contributed by atoms with Crippen molar-refractivity contribution in [1.82, 2.24) is 19.5 Å². The van der Waals surface area contributed by atoms with Gasteiger partial charge in [0.05, 0.1) is 25.3 Å². The van der Waals surface area contributed by atoms with E-state index >= 15 is 0 Å². The predicted molar refractivity (Wildman–Crippen MR) is 120 cm³/mol. The van der Waals surface area contributed by atoms with E-state index in [4.69, 9.17) is 9.15 Å². The van der Waals surface area contributed by atoms with Crippen molar-refractivity contribution in [2.24, 2.45) is 0 Å². The normalized spacial score (nSPS) is 12.1. The first-order valence-corrected chi connectivity index (χ1v) is 10.1. The molecule has 3 heterocycles. The minimum atomic E-state index is -1.34. The molecule has 160 valence electrons. The molecule has 1 atom stereocenters. The molecule has 0 saturated heterocycles. The van der Waals surface area contributed by atoms with Crippen LogP contribution in [0.3, 0.4) is 0 Å². The Hall–Kier alpha value is -4.20. The Morgan fingerprint density at radius 3 is 2.72 bits per heavy atom. The summed E-state index contributed by atoms with van der Waals surface area (Å²) >= 11 is 0. The van der Waals surface area contributed by atoms with Gasteiger partial charge in [0.15, 0.2) is 23.5 Å². The molecular weight excluding hydrogens is 409 g/mol. The summed E-state index contributed by atoms with van der Waals surface area (Å²) in [6, 6.07) is 20.6. The molecule has 1 N–H and O–H groups in total. The number of methoxy groups -OCH3 is 1. The number of aromatic nitrogens is 4. The average molecular weight is 429 g/mol. The Bertz CT molecular complexity index is 1340. The zero-order valence-corrected chi connectivity index (χ0v) is 17.3. The van der Waals surface area contributed by atoms with Crippen molar-refractivity contribution in [1.29, 1.82) is 0 Å². The zero-order valence-electron chi connectivity index (χ0n) is 17.3. The highest BCUT2D eigenvalue weighted by Gasteiger charge is 2.19. The van der Waals surface area contributed by atoms with Crippen LogP contribution in [0.1, 0.15) is 5.56 Å². The van der Waals surface area contributed by atoms with E-state index in [1.54, 1.807) is 25.6 Å².